The topological polar surface area (TPSA) is 107 Å². The number of Topliss-reactive ketones (excluding diaryl/α,β-unsaturated/α-hetero) is 1. The Morgan fingerprint density at radius 1 is 1.22 bits per heavy atom. The van der Waals surface area contributed by atoms with Gasteiger partial charge in [-0.05, 0) is 56.6 Å². The summed E-state index contributed by atoms with van der Waals surface area (Å²) in [6, 6.07) is 0. The second-order valence-electron chi connectivity index (χ2n) is 9.32. The van der Waals surface area contributed by atoms with E-state index in [0.717, 1.165) is 25.7 Å². The maximum absolute atomic E-state index is 13.2. The van der Waals surface area contributed by atoms with E-state index in [1.807, 2.05) is 32.9 Å². The molecular formula is C26H39NO5. The number of rotatable bonds is 1. The zero-order chi connectivity index (χ0) is 24.7. The SMILES string of the molecule is C#C.CC.C[C@]12C=C/C(=N\O)C=C1CC[C@@H]1C2C(=O)C[C@@]2(C)C1CC[C@@]2(C)O.O=CCO. The zero-order valence-corrected chi connectivity index (χ0v) is 20.0. The molecule has 4 rings (SSSR count). The monoisotopic (exact) mass is 445 g/mol. The van der Waals surface area contributed by atoms with Crippen molar-refractivity contribution in [2.75, 3.05) is 6.61 Å². The number of fused-ring (bicyclic) bond motifs is 5. The quantitative estimate of drug-likeness (QED) is 0.245. The van der Waals surface area contributed by atoms with Gasteiger partial charge in [0.15, 0.2) is 0 Å². The standard InChI is InChI=1S/C20H27NO3.C2H4O2.C2H6.C2H2/c1-18-8-6-13(21-24)10-12(18)4-5-14-15-7-9-20(3,23)19(15,2)11-16(22)17(14)18;3-1-2-4;2*1-2/h6,8,10,14-15,17,23-24H,4-5,7,9,11H2,1-3H3;1,4H,2H2;1-2H3;1-2H/b21-13+;;;/t14-,15?,17?,18-,19-,20+;;;/m0.../s1. The number of hydrogen-bond donors (Lipinski definition) is 3. The Morgan fingerprint density at radius 3 is 2.34 bits per heavy atom. The van der Waals surface area contributed by atoms with Crippen LogP contribution in [0.2, 0.25) is 0 Å². The van der Waals surface area contributed by atoms with E-state index in [1.165, 1.54) is 5.57 Å². The molecule has 0 radical (unpaired) electrons. The number of aliphatic hydroxyl groups excluding tert-OH is 1. The zero-order valence-electron chi connectivity index (χ0n) is 20.0. The van der Waals surface area contributed by atoms with Crippen LogP contribution in [0.4, 0.5) is 0 Å². The molecule has 3 saturated carbocycles. The lowest BCUT2D eigenvalue weighted by Gasteiger charge is -2.56. The first-order chi connectivity index (χ1) is 15.1. The van der Waals surface area contributed by atoms with E-state index in [-0.39, 0.29) is 23.4 Å². The van der Waals surface area contributed by atoms with Crippen molar-refractivity contribution in [1.29, 1.82) is 0 Å². The molecule has 32 heavy (non-hydrogen) atoms. The van der Waals surface area contributed by atoms with Crippen molar-refractivity contribution in [3.8, 4) is 12.8 Å². The van der Waals surface area contributed by atoms with Gasteiger partial charge in [0.1, 0.15) is 17.8 Å². The van der Waals surface area contributed by atoms with Gasteiger partial charge in [-0.15, -0.1) is 12.8 Å². The molecule has 0 bridgehead atoms. The molecule has 0 aromatic carbocycles. The fourth-order valence-electron chi connectivity index (χ4n) is 6.32. The Balaban J connectivity index is 0.000000568. The van der Waals surface area contributed by atoms with Crippen LogP contribution >= 0.6 is 0 Å². The molecule has 4 aliphatic carbocycles. The molecule has 0 aliphatic heterocycles. The molecule has 3 fully saturated rings. The van der Waals surface area contributed by atoms with Crippen LogP contribution in [-0.4, -0.2) is 45.4 Å². The first-order valence-electron chi connectivity index (χ1n) is 11.4. The molecule has 6 heteroatoms. The molecule has 4 aliphatic rings. The first kappa shape index (κ1) is 27.8. The predicted octanol–water partition coefficient (Wildman–Crippen LogP) is 3.94. The maximum Gasteiger partial charge on any atom is 0.145 e. The molecule has 0 amide bonds. The van der Waals surface area contributed by atoms with Crippen molar-refractivity contribution in [3.05, 3.63) is 23.8 Å². The summed E-state index contributed by atoms with van der Waals surface area (Å²) in [6.07, 6.45) is 18.5. The number of aliphatic hydroxyl groups is 2. The molecule has 178 valence electrons. The number of oxime groups is 1. The van der Waals surface area contributed by atoms with E-state index in [0.29, 0.717) is 36.0 Å². The van der Waals surface area contributed by atoms with E-state index in [1.54, 1.807) is 0 Å². The number of hydrogen-bond acceptors (Lipinski definition) is 6. The lowest BCUT2D eigenvalue weighted by molar-refractivity contribution is -0.153. The van der Waals surface area contributed by atoms with Gasteiger partial charge in [-0.25, -0.2) is 0 Å². The summed E-state index contributed by atoms with van der Waals surface area (Å²) in [6.45, 7) is 9.84. The van der Waals surface area contributed by atoms with Crippen LogP contribution in [0.25, 0.3) is 0 Å². The average Bonchev–Trinajstić information content (AvgIpc) is 3.04. The molecular weight excluding hydrogens is 406 g/mol. The number of aldehydes is 1. The van der Waals surface area contributed by atoms with Crippen molar-refractivity contribution in [3.63, 3.8) is 0 Å². The smallest absolute Gasteiger partial charge is 0.145 e. The van der Waals surface area contributed by atoms with Crippen molar-refractivity contribution in [2.45, 2.75) is 72.3 Å². The first-order valence-corrected chi connectivity index (χ1v) is 11.4. The second-order valence-corrected chi connectivity index (χ2v) is 9.32. The molecule has 2 unspecified atom stereocenters. The Kier molecular flexibility index (Phi) is 9.62. The van der Waals surface area contributed by atoms with E-state index in [4.69, 9.17) is 15.1 Å². The molecule has 0 spiro atoms. The molecule has 0 aromatic heterocycles. The third-order valence-electron chi connectivity index (χ3n) is 8.02. The van der Waals surface area contributed by atoms with Gasteiger partial charge in [-0.3, -0.25) is 4.79 Å². The number of allylic oxidation sites excluding steroid dienone is 4. The summed E-state index contributed by atoms with van der Waals surface area (Å²) in [5.41, 5.74) is 0.468. The predicted molar refractivity (Wildman–Crippen MR) is 126 cm³/mol. The summed E-state index contributed by atoms with van der Waals surface area (Å²) in [4.78, 5) is 22.1. The molecule has 0 aromatic rings. The lowest BCUT2D eigenvalue weighted by Crippen LogP contribution is -2.57. The minimum absolute atomic E-state index is 0.0130. The van der Waals surface area contributed by atoms with Gasteiger partial charge in [0.25, 0.3) is 0 Å². The van der Waals surface area contributed by atoms with E-state index < -0.39 is 5.60 Å². The number of terminal acetylenes is 1. The highest BCUT2D eigenvalue weighted by Crippen LogP contribution is 2.65. The molecule has 0 heterocycles. The number of carbonyl (C=O) groups excluding carboxylic acids is 2. The summed E-state index contributed by atoms with van der Waals surface area (Å²) in [5.74, 6) is 1.03. The van der Waals surface area contributed by atoms with Crippen LogP contribution in [-0.2, 0) is 9.59 Å². The third-order valence-corrected chi connectivity index (χ3v) is 8.02. The van der Waals surface area contributed by atoms with Gasteiger partial charge in [-0.2, -0.15) is 0 Å². The maximum atomic E-state index is 13.2. The molecule has 3 N–H and O–H groups in total. The van der Waals surface area contributed by atoms with Crippen molar-refractivity contribution >= 4 is 17.8 Å². The minimum Gasteiger partial charge on any atom is -0.410 e. The van der Waals surface area contributed by atoms with Crippen LogP contribution in [0, 0.1) is 41.4 Å². The summed E-state index contributed by atoms with van der Waals surface area (Å²) in [5, 5.41) is 30.8. The minimum atomic E-state index is -0.742. The Bertz CT molecular complexity index is 793. The third kappa shape index (κ3) is 4.60. The van der Waals surface area contributed by atoms with Crippen LogP contribution in [0.5, 0.6) is 0 Å². The summed E-state index contributed by atoms with van der Waals surface area (Å²) in [7, 11) is 0. The Labute approximate surface area is 192 Å². The van der Waals surface area contributed by atoms with Gasteiger partial charge in [0, 0.05) is 23.2 Å². The largest absolute Gasteiger partial charge is 0.410 e. The highest BCUT2D eigenvalue weighted by Gasteiger charge is 2.64. The fourth-order valence-corrected chi connectivity index (χ4v) is 6.32. The van der Waals surface area contributed by atoms with Crippen molar-refractivity contribution in [1.82, 2.24) is 0 Å². The van der Waals surface area contributed by atoms with Crippen molar-refractivity contribution in [2.24, 2.45) is 33.7 Å². The second kappa shape index (κ2) is 11.1. The Morgan fingerprint density at radius 2 is 1.81 bits per heavy atom. The molecule has 6 nitrogen and oxygen atoms in total. The van der Waals surface area contributed by atoms with Crippen molar-refractivity contribution < 1.29 is 25.0 Å². The van der Waals surface area contributed by atoms with Gasteiger partial charge in [0.2, 0.25) is 0 Å². The van der Waals surface area contributed by atoms with Gasteiger partial charge in [0.05, 0.1) is 12.2 Å². The average molecular weight is 446 g/mol. The normalized spacial score (nSPS) is 39.9. The molecule has 0 saturated heterocycles. The molecule has 6 atom stereocenters. The van der Waals surface area contributed by atoms with E-state index in [2.05, 4.69) is 37.9 Å². The lowest BCUT2D eigenvalue weighted by atomic mass is 9.47. The van der Waals surface area contributed by atoms with Crippen LogP contribution < -0.4 is 0 Å². The number of carbonyl (C=O) groups is 2. The van der Waals surface area contributed by atoms with E-state index in [9.17, 15) is 9.90 Å². The van der Waals surface area contributed by atoms with Crippen LogP contribution in [0.3, 0.4) is 0 Å². The van der Waals surface area contributed by atoms with Crippen LogP contribution in [0.1, 0.15) is 66.7 Å². The summed E-state index contributed by atoms with van der Waals surface area (Å²) >= 11 is 0. The van der Waals surface area contributed by atoms with Gasteiger partial charge < -0.3 is 20.2 Å². The number of ketones is 1. The van der Waals surface area contributed by atoms with E-state index >= 15 is 0 Å². The fraction of sp³-hybridized carbons (Fsp3) is 0.654. The van der Waals surface area contributed by atoms with Gasteiger partial charge in [-0.1, -0.05) is 44.5 Å². The summed E-state index contributed by atoms with van der Waals surface area (Å²) < 4.78 is 0. The Hall–Kier alpha value is -2.23. The highest BCUT2D eigenvalue weighted by atomic mass is 16.4. The number of nitrogens with zero attached hydrogens (tertiary/aromatic N) is 1. The highest BCUT2D eigenvalue weighted by molar-refractivity contribution is 6.05. The van der Waals surface area contributed by atoms with Crippen LogP contribution in [0.15, 0.2) is 29.0 Å². The van der Waals surface area contributed by atoms with Gasteiger partial charge >= 0.3 is 0 Å².